The third kappa shape index (κ3) is 1.30. The fraction of sp³-hybridized carbons (Fsp3) is 0.300. The summed E-state index contributed by atoms with van der Waals surface area (Å²) in [7, 11) is 3.03. The minimum Gasteiger partial charge on any atom is -0.333 e. The second-order valence-corrected chi connectivity index (χ2v) is 3.53. The van der Waals surface area contributed by atoms with Gasteiger partial charge >= 0.3 is 5.69 Å². The zero-order valence-electron chi connectivity index (χ0n) is 9.31. The summed E-state index contributed by atoms with van der Waals surface area (Å²) in [5.74, 6) is 0.566. The van der Waals surface area contributed by atoms with Crippen molar-refractivity contribution >= 4 is 17.2 Å². The number of aromatic nitrogens is 4. The lowest BCUT2D eigenvalue weighted by molar-refractivity contribution is 0.709. The molecule has 2 heterocycles. The monoisotopic (exact) mass is 220 g/mol. The van der Waals surface area contributed by atoms with Crippen molar-refractivity contribution in [3.8, 4) is 0 Å². The smallest absolute Gasteiger partial charge is 0.332 e. The van der Waals surface area contributed by atoms with Gasteiger partial charge in [-0.1, -0.05) is 6.08 Å². The van der Waals surface area contributed by atoms with Gasteiger partial charge in [0.25, 0.3) is 5.56 Å². The first kappa shape index (κ1) is 10.4. The van der Waals surface area contributed by atoms with Crippen LogP contribution in [0.3, 0.4) is 0 Å². The van der Waals surface area contributed by atoms with Crippen LogP contribution in [0, 0.1) is 0 Å². The topological polar surface area (TPSA) is 72.7 Å². The summed E-state index contributed by atoms with van der Waals surface area (Å²) in [4.78, 5) is 30.5. The second kappa shape index (κ2) is 3.48. The fourth-order valence-corrected chi connectivity index (χ4v) is 1.58. The molecule has 0 aliphatic rings. The van der Waals surface area contributed by atoms with Crippen molar-refractivity contribution < 1.29 is 0 Å². The van der Waals surface area contributed by atoms with E-state index in [9.17, 15) is 9.59 Å². The van der Waals surface area contributed by atoms with E-state index in [4.69, 9.17) is 0 Å². The number of hydrogen-bond donors (Lipinski definition) is 1. The number of aryl methyl sites for hydroxylation is 1. The Bertz CT molecular complexity index is 687. The van der Waals surface area contributed by atoms with E-state index in [1.165, 1.54) is 11.6 Å². The molecule has 1 N–H and O–H groups in total. The Morgan fingerprint density at radius 1 is 1.25 bits per heavy atom. The first-order valence-electron chi connectivity index (χ1n) is 4.84. The molecule has 6 nitrogen and oxygen atoms in total. The van der Waals surface area contributed by atoms with Crippen LogP contribution in [0.4, 0.5) is 0 Å². The molecule has 6 heteroatoms. The van der Waals surface area contributed by atoms with E-state index >= 15 is 0 Å². The molecule has 2 rings (SSSR count). The molecular weight excluding hydrogens is 208 g/mol. The van der Waals surface area contributed by atoms with Crippen molar-refractivity contribution in [3.63, 3.8) is 0 Å². The van der Waals surface area contributed by atoms with Crippen molar-refractivity contribution in [1.29, 1.82) is 0 Å². The van der Waals surface area contributed by atoms with Gasteiger partial charge < -0.3 is 4.98 Å². The van der Waals surface area contributed by atoms with Crippen molar-refractivity contribution in [1.82, 2.24) is 19.1 Å². The van der Waals surface area contributed by atoms with E-state index in [1.807, 2.05) is 6.92 Å². The summed E-state index contributed by atoms with van der Waals surface area (Å²) in [5, 5.41) is 0. The standard InChI is InChI=1S/C10H12N4O2/c1-4-5-6-11-7-8(12-6)13(2)10(16)14(3)9(7)15/h4-5H,1-3H3,(H,11,12)/b5-4+. The maximum absolute atomic E-state index is 11.8. The van der Waals surface area contributed by atoms with Crippen molar-refractivity contribution in [3.05, 3.63) is 32.7 Å². The lowest BCUT2D eigenvalue weighted by atomic mass is 10.5. The molecule has 0 atom stereocenters. The first-order valence-corrected chi connectivity index (χ1v) is 4.84. The molecule has 2 aromatic rings. The third-order valence-corrected chi connectivity index (χ3v) is 2.44. The van der Waals surface area contributed by atoms with Crippen LogP contribution in [0.5, 0.6) is 0 Å². The minimum absolute atomic E-state index is 0.345. The maximum atomic E-state index is 11.8. The van der Waals surface area contributed by atoms with Gasteiger partial charge in [-0.05, 0) is 13.0 Å². The number of nitrogens with one attached hydrogen (secondary N) is 1. The molecule has 16 heavy (non-hydrogen) atoms. The van der Waals surface area contributed by atoms with Crippen LogP contribution in [0.1, 0.15) is 12.7 Å². The Hall–Kier alpha value is -2.11. The number of hydrogen-bond acceptors (Lipinski definition) is 3. The van der Waals surface area contributed by atoms with Crippen LogP contribution in [0.2, 0.25) is 0 Å². The number of allylic oxidation sites excluding steroid dienone is 1. The molecule has 0 saturated carbocycles. The van der Waals surface area contributed by atoms with E-state index < -0.39 is 0 Å². The summed E-state index contributed by atoms with van der Waals surface area (Å²) < 4.78 is 2.40. The van der Waals surface area contributed by atoms with E-state index in [-0.39, 0.29) is 11.2 Å². The molecule has 0 spiro atoms. The van der Waals surface area contributed by atoms with Crippen LogP contribution in [-0.2, 0) is 14.1 Å². The summed E-state index contributed by atoms with van der Waals surface area (Å²) in [5.41, 5.74) is -0.0173. The highest BCUT2D eigenvalue weighted by atomic mass is 16.2. The Morgan fingerprint density at radius 3 is 2.56 bits per heavy atom. The molecule has 0 fully saturated rings. The maximum Gasteiger partial charge on any atom is 0.332 e. The number of nitrogens with zero attached hydrogens (tertiary/aromatic N) is 3. The van der Waals surface area contributed by atoms with Crippen LogP contribution < -0.4 is 11.2 Å². The number of aromatic amines is 1. The second-order valence-electron chi connectivity index (χ2n) is 3.53. The summed E-state index contributed by atoms with van der Waals surface area (Å²) in [6.07, 6.45) is 3.55. The molecule has 0 unspecified atom stereocenters. The molecule has 84 valence electrons. The van der Waals surface area contributed by atoms with Gasteiger partial charge in [0, 0.05) is 14.1 Å². The van der Waals surface area contributed by atoms with Gasteiger partial charge in [0.2, 0.25) is 0 Å². The van der Waals surface area contributed by atoms with Crippen molar-refractivity contribution in [2.24, 2.45) is 14.1 Å². The van der Waals surface area contributed by atoms with E-state index in [0.717, 1.165) is 4.57 Å². The van der Waals surface area contributed by atoms with Gasteiger partial charge in [0.05, 0.1) is 0 Å². The molecule has 0 aromatic carbocycles. The average molecular weight is 220 g/mol. The quantitative estimate of drug-likeness (QED) is 0.734. The Labute approximate surface area is 90.9 Å². The summed E-state index contributed by atoms with van der Waals surface area (Å²) in [6, 6.07) is 0. The predicted octanol–water partition coefficient (Wildman–Crippen LogP) is -0.00660. The largest absolute Gasteiger partial charge is 0.333 e. The first-order chi connectivity index (χ1) is 7.56. The molecule has 0 radical (unpaired) electrons. The van der Waals surface area contributed by atoms with E-state index in [2.05, 4.69) is 9.97 Å². The van der Waals surface area contributed by atoms with Gasteiger partial charge in [-0.2, -0.15) is 0 Å². The summed E-state index contributed by atoms with van der Waals surface area (Å²) >= 11 is 0. The molecule has 0 aliphatic heterocycles. The highest BCUT2D eigenvalue weighted by Gasteiger charge is 2.11. The van der Waals surface area contributed by atoms with Gasteiger partial charge in [-0.3, -0.25) is 13.9 Å². The number of fused-ring (bicyclic) bond motifs is 1. The normalized spacial score (nSPS) is 11.7. The van der Waals surface area contributed by atoms with E-state index in [1.54, 1.807) is 19.2 Å². The van der Waals surface area contributed by atoms with Gasteiger partial charge in [0.1, 0.15) is 11.3 Å². The zero-order valence-corrected chi connectivity index (χ0v) is 9.31. The van der Waals surface area contributed by atoms with Crippen LogP contribution in [0.15, 0.2) is 15.7 Å². The van der Waals surface area contributed by atoms with Gasteiger partial charge in [-0.15, -0.1) is 0 Å². The van der Waals surface area contributed by atoms with Crippen LogP contribution in [0.25, 0.3) is 17.2 Å². The Balaban J connectivity index is 2.98. The predicted molar refractivity (Wildman–Crippen MR) is 61.3 cm³/mol. The molecule has 0 aliphatic carbocycles. The lowest BCUT2D eigenvalue weighted by Crippen LogP contribution is -2.36. The number of rotatable bonds is 1. The van der Waals surface area contributed by atoms with Crippen molar-refractivity contribution in [2.75, 3.05) is 0 Å². The zero-order chi connectivity index (χ0) is 11.9. The van der Waals surface area contributed by atoms with Crippen molar-refractivity contribution in [2.45, 2.75) is 6.92 Å². The molecular formula is C10H12N4O2. The number of imidazole rings is 1. The Morgan fingerprint density at radius 2 is 1.94 bits per heavy atom. The van der Waals surface area contributed by atoms with Crippen LogP contribution >= 0.6 is 0 Å². The lowest BCUT2D eigenvalue weighted by Gasteiger charge is -2.00. The average Bonchev–Trinajstić information content (AvgIpc) is 2.68. The van der Waals surface area contributed by atoms with Gasteiger partial charge in [0.15, 0.2) is 5.65 Å². The Kier molecular flexibility index (Phi) is 2.26. The summed E-state index contributed by atoms with van der Waals surface area (Å²) in [6.45, 7) is 1.85. The highest BCUT2D eigenvalue weighted by Crippen LogP contribution is 2.05. The molecule has 0 saturated heterocycles. The fourth-order valence-electron chi connectivity index (χ4n) is 1.58. The minimum atomic E-state index is -0.379. The number of H-pyrrole nitrogens is 1. The molecule has 0 bridgehead atoms. The molecule has 2 aromatic heterocycles. The van der Waals surface area contributed by atoms with Crippen LogP contribution in [-0.4, -0.2) is 19.1 Å². The van der Waals surface area contributed by atoms with E-state index in [0.29, 0.717) is 17.0 Å². The SMILES string of the molecule is C/C=C/c1nc2c([nH]1)c(=O)n(C)c(=O)n2C. The molecule has 0 amide bonds. The van der Waals surface area contributed by atoms with Gasteiger partial charge in [-0.25, -0.2) is 9.78 Å². The highest BCUT2D eigenvalue weighted by molar-refractivity contribution is 5.71. The third-order valence-electron chi connectivity index (χ3n) is 2.44.